The molecule has 1 saturated carbocycles. The fraction of sp³-hybridized carbons (Fsp3) is 0.350. The van der Waals surface area contributed by atoms with Gasteiger partial charge in [-0.25, -0.2) is 9.97 Å². The van der Waals surface area contributed by atoms with Gasteiger partial charge in [0.1, 0.15) is 23.9 Å². The average Bonchev–Trinajstić information content (AvgIpc) is 3.40. The second-order valence-corrected chi connectivity index (χ2v) is 7.59. The van der Waals surface area contributed by atoms with Gasteiger partial charge < -0.3 is 20.5 Å². The van der Waals surface area contributed by atoms with Crippen molar-refractivity contribution >= 4 is 27.8 Å². The molecule has 5 rings (SSSR count). The Kier molecular flexibility index (Phi) is 4.03. The van der Waals surface area contributed by atoms with E-state index in [4.69, 9.17) is 5.73 Å². The summed E-state index contributed by atoms with van der Waals surface area (Å²) in [7, 11) is 0. The molecule has 1 aliphatic rings. The molecule has 1 aromatic carbocycles. The molecule has 0 saturated heterocycles. The number of rotatable bonds is 4. The maximum absolute atomic E-state index is 10.7. The number of aromatic nitrogens is 5. The minimum atomic E-state index is -0.841. The lowest BCUT2D eigenvalue weighted by Gasteiger charge is -2.19. The largest absolute Gasteiger partial charge is 0.390 e. The minimum Gasteiger partial charge on any atom is -0.390 e. The van der Waals surface area contributed by atoms with Crippen molar-refractivity contribution < 1.29 is 10.2 Å². The third-order valence-electron chi connectivity index (χ3n) is 5.98. The maximum atomic E-state index is 10.7. The summed E-state index contributed by atoms with van der Waals surface area (Å²) < 4.78 is 1.91. The third kappa shape index (κ3) is 2.73. The van der Waals surface area contributed by atoms with Crippen molar-refractivity contribution in [3.05, 3.63) is 48.5 Å². The lowest BCUT2D eigenvalue weighted by atomic mass is 9.96. The van der Waals surface area contributed by atoms with Gasteiger partial charge >= 0.3 is 0 Å². The van der Waals surface area contributed by atoms with Gasteiger partial charge in [-0.05, 0) is 42.9 Å². The zero-order valence-corrected chi connectivity index (χ0v) is 15.2. The Morgan fingerprint density at radius 2 is 2.07 bits per heavy atom. The zero-order chi connectivity index (χ0) is 19.3. The van der Waals surface area contributed by atoms with E-state index < -0.39 is 12.2 Å². The number of nitrogens with two attached hydrogens (primary N) is 1. The van der Waals surface area contributed by atoms with Gasteiger partial charge in [0, 0.05) is 11.6 Å². The van der Waals surface area contributed by atoms with Crippen molar-refractivity contribution in [3.63, 3.8) is 0 Å². The topological polar surface area (TPSA) is 126 Å². The third-order valence-corrected chi connectivity index (χ3v) is 5.98. The molecule has 28 heavy (non-hydrogen) atoms. The van der Waals surface area contributed by atoms with Crippen LogP contribution in [0.5, 0.6) is 0 Å². The first-order chi connectivity index (χ1) is 13.6. The molecular weight excluding hydrogens is 356 g/mol. The van der Waals surface area contributed by atoms with E-state index in [-0.39, 0.29) is 12.0 Å². The van der Waals surface area contributed by atoms with Crippen LogP contribution in [-0.2, 0) is 6.42 Å². The van der Waals surface area contributed by atoms with Gasteiger partial charge in [-0.1, -0.05) is 12.1 Å². The van der Waals surface area contributed by atoms with Gasteiger partial charge in [0.2, 0.25) is 0 Å². The Morgan fingerprint density at radius 3 is 2.96 bits per heavy atom. The van der Waals surface area contributed by atoms with E-state index in [0.717, 1.165) is 29.1 Å². The van der Waals surface area contributed by atoms with E-state index in [9.17, 15) is 10.2 Å². The number of hydrogen-bond acceptors (Lipinski definition) is 6. The normalized spacial score (nSPS) is 25.1. The number of hydrogen-bond donors (Lipinski definition) is 4. The predicted molar refractivity (Wildman–Crippen MR) is 106 cm³/mol. The van der Waals surface area contributed by atoms with E-state index in [0.29, 0.717) is 17.9 Å². The maximum Gasteiger partial charge on any atom is 0.145 e. The average molecular weight is 378 g/mol. The number of H-pyrrole nitrogens is 1. The first-order valence-corrected chi connectivity index (χ1v) is 9.47. The molecule has 0 radical (unpaired) electrons. The summed E-state index contributed by atoms with van der Waals surface area (Å²) in [6, 6.07) is 7.86. The van der Waals surface area contributed by atoms with E-state index in [1.807, 2.05) is 22.9 Å². The van der Waals surface area contributed by atoms with Gasteiger partial charge in [0.15, 0.2) is 0 Å². The minimum absolute atomic E-state index is 0.00842. The first-order valence-electron chi connectivity index (χ1n) is 9.47. The van der Waals surface area contributed by atoms with Gasteiger partial charge in [0.05, 0.1) is 29.2 Å². The van der Waals surface area contributed by atoms with Crippen LogP contribution in [0.15, 0.2) is 43.0 Å². The first kappa shape index (κ1) is 17.2. The molecule has 3 heterocycles. The second kappa shape index (κ2) is 6.57. The van der Waals surface area contributed by atoms with Crippen LogP contribution < -0.4 is 5.73 Å². The standard InChI is InChI=1S/C20H22N6O2/c21-19-14-5-6-26(20(14)23-10-22-19)16-8-12(17(27)18(16)28)3-1-11-2-4-13-9-24-25-15(13)7-11/h2,4-7,9-10,12,16-18,27-28H,1,3,8H2,(H,24,25)(H2,21,22,23)/t12-,16+,17+,18-/m0/s1. The number of anilines is 1. The molecular formula is C20H22N6O2. The van der Waals surface area contributed by atoms with E-state index in [1.54, 1.807) is 6.20 Å². The molecule has 0 bridgehead atoms. The Labute approximate surface area is 161 Å². The predicted octanol–water partition coefficient (Wildman–Crippen LogP) is 1.81. The van der Waals surface area contributed by atoms with Crippen molar-refractivity contribution in [1.82, 2.24) is 24.7 Å². The molecule has 1 aliphatic carbocycles. The molecule has 0 aliphatic heterocycles. The van der Waals surface area contributed by atoms with Gasteiger partial charge in [0.25, 0.3) is 0 Å². The molecule has 4 atom stereocenters. The summed E-state index contributed by atoms with van der Waals surface area (Å²) in [6.07, 6.45) is 5.80. The van der Waals surface area contributed by atoms with E-state index in [1.165, 1.54) is 11.9 Å². The molecule has 0 amide bonds. The summed E-state index contributed by atoms with van der Waals surface area (Å²) >= 11 is 0. The highest BCUT2D eigenvalue weighted by molar-refractivity contribution is 5.86. The van der Waals surface area contributed by atoms with Crippen molar-refractivity contribution in [1.29, 1.82) is 0 Å². The highest BCUT2D eigenvalue weighted by atomic mass is 16.3. The van der Waals surface area contributed by atoms with Crippen LogP contribution in [0.2, 0.25) is 0 Å². The number of aliphatic hydroxyl groups is 2. The number of aliphatic hydroxyl groups excluding tert-OH is 2. The summed E-state index contributed by atoms with van der Waals surface area (Å²) in [6.45, 7) is 0. The Morgan fingerprint density at radius 1 is 1.18 bits per heavy atom. The number of nitrogens with one attached hydrogen (secondary N) is 1. The second-order valence-electron chi connectivity index (χ2n) is 7.59. The van der Waals surface area contributed by atoms with Crippen LogP contribution >= 0.6 is 0 Å². The highest BCUT2D eigenvalue weighted by Crippen LogP contribution is 2.39. The molecule has 8 heteroatoms. The Balaban J connectivity index is 1.35. The van der Waals surface area contributed by atoms with Crippen LogP contribution in [0.4, 0.5) is 5.82 Å². The fourth-order valence-corrected chi connectivity index (χ4v) is 4.41. The van der Waals surface area contributed by atoms with Gasteiger partial charge in [-0.2, -0.15) is 5.10 Å². The van der Waals surface area contributed by atoms with Crippen LogP contribution in [0, 0.1) is 5.92 Å². The Hall–Kier alpha value is -2.97. The number of nitrogens with zero attached hydrogens (tertiary/aromatic N) is 4. The molecule has 4 aromatic rings. The van der Waals surface area contributed by atoms with Crippen LogP contribution in [0.3, 0.4) is 0 Å². The van der Waals surface area contributed by atoms with Gasteiger partial charge in [-0.15, -0.1) is 0 Å². The van der Waals surface area contributed by atoms with Crippen LogP contribution in [-0.4, -0.2) is 47.2 Å². The Bertz CT molecular complexity index is 1140. The molecule has 0 unspecified atom stereocenters. The molecule has 1 fully saturated rings. The number of nitrogen functional groups attached to an aromatic ring is 1. The van der Waals surface area contributed by atoms with Crippen molar-refractivity contribution in [2.45, 2.75) is 37.5 Å². The highest BCUT2D eigenvalue weighted by Gasteiger charge is 2.42. The van der Waals surface area contributed by atoms with Crippen LogP contribution in [0.25, 0.3) is 21.9 Å². The molecule has 3 aromatic heterocycles. The number of fused-ring (bicyclic) bond motifs is 2. The smallest absolute Gasteiger partial charge is 0.145 e. The summed E-state index contributed by atoms with van der Waals surface area (Å²) in [5, 5.41) is 30.2. The monoisotopic (exact) mass is 378 g/mol. The molecule has 5 N–H and O–H groups in total. The zero-order valence-electron chi connectivity index (χ0n) is 15.2. The summed E-state index contributed by atoms with van der Waals surface area (Å²) in [5.41, 5.74) is 8.81. The molecule has 0 spiro atoms. The molecule has 8 nitrogen and oxygen atoms in total. The number of benzene rings is 1. The van der Waals surface area contributed by atoms with E-state index in [2.05, 4.69) is 32.3 Å². The van der Waals surface area contributed by atoms with Gasteiger partial charge in [-0.3, -0.25) is 5.10 Å². The van der Waals surface area contributed by atoms with Crippen molar-refractivity contribution in [3.8, 4) is 0 Å². The summed E-state index contributed by atoms with van der Waals surface area (Å²) in [4.78, 5) is 8.33. The summed E-state index contributed by atoms with van der Waals surface area (Å²) in [5.74, 6) is 0.427. The quantitative estimate of drug-likeness (QED) is 0.429. The number of aryl methyl sites for hydroxylation is 1. The lowest BCUT2D eigenvalue weighted by Crippen LogP contribution is -2.29. The van der Waals surface area contributed by atoms with Crippen molar-refractivity contribution in [2.75, 3.05) is 5.73 Å². The van der Waals surface area contributed by atoms with E-state index >= 15 is 0 Å². The SMILES string of the molecule is Nc1ncnc2c1ccn2[C@@H]1C[C@H](CCc2ccc3cn[nH]c3c2)[C@@H](O)[C@H]1O. The lowest BCUT2D eigenvalue weighted by molar-refractivity contribution is 0.00545. The van der Waals surface area contributed by atoms with Crippen molar-refractivity contribution in [2.24, 2.45) is 5.92 Å². The number of aromatic amines is 1. The fourth-order valence-electron chi connectivity index (χ4n) is 4.41. The molecule has 144 valence electrons. The van der Waals surface area contributed by atoms with Crippen LogP contribution in [0.1, 0.15) is 24.4 Å².